The Balaban J connectivity index is 2.59. The summed E-state index contributed by atoms with van der Waals surface area (Å²) >= 11 is 6.03. The molecule has 2 N–H and O–H groups in total. The highest BCUT2D eigenvalue weighted by atomic mass is 35.5. The van der Waals surface area contributed by atoms with Crippen molar-refractivity contribution in [1.82, 2.24) is 15.0 Å². The highest BCUT2D eigenvalue weighted by Crippen LogP contribution is 2.29. The van der Waals surface area contributed by atoms with Gasteiger partial charge in [0.25, 0.3) is 0 Å². The molecule has 1 aromatic carbocycles. The molecule has 0 unspecified atom stereocenters. The molecule has 1 heterocycles. The second-order valence-electron chi connectivity index (χ2n) is 4.98. The Morgan fingerprint density at radius 1 is 1.30 bits per heavy atom. The highest BCUT2D eigenvalue weighted by Gasteiger charge is 2.21. The lowest BCUT2D eigenvalue weighted by molar-refractivity contribution is 0.590. The molecule has 5 heteroatoms. The Hall–Kier alpha value is -1.39. The van der Waals surface area contributed by atoms with Gasteiger partial charge in [-0.15, -0.1) is 5.10 Å². The van der Waals surface area contributed by atoms with E-state index in [0.717, 1.165) is 40.5 Å². The topological polar surface area (TPSA) is 56.7 Å². The molecule has 0 aliphatic carbocycles. The number of aromatic nitrogens is 3. The van der Waals surface area contributed by atoms with Gasteiger partial charge in [0.05, 0.1) is 11.4 Å². The van der Waals surface area contributed by atoms with Crippen LogP contribution in [0.25, 0.3) is 5.69 Å². The highest BCUT2D eigenvalue weighted by molar-refractivity contribution is 6.30. The summed E-state index contributed by atoms with van der Waals surface area (Å²) in [6.45, 7) is 6.81. The summed E-state index contributed by atoms with van der Waals surface area (Å²) < 4.78 is 1.92. The number of aryl methyl sites for hydroxylation is 1. The first-order chi connectivity index (χ1) is 9.62. The average molecular weight is 293 g/mol. The van der Waals surface area contributed by atoms with Crippen molar-refractivity contribution in [2.75, 3.05) is 0 Å². The van der Waals surface area contributed by atoms with E-state index in [-0.39, 0.29) is 0 Å². The van der Waals surface area contributed by atoms with Crippen molar-refractivity contribution in [3.63, 3.8) is 0 Å². The van der Waals surface area contributed by atoms with E-state index in [4.69, 9.17) is 17.3 Å². The molecule has 0 aliphatic heterocycles. The Bertz CT molecular complexity index is 588. The van der Waals surface area contributed by atoms with Crippen molar-refractivity contribution in [2.45, 2.75) is 46.1 Å². The zero-order valence-electron chi connectivity index (χ0n) is 12.2. The van der Waals surface area contributed by atoms with Crippen LogP contribution in [0, 0.1) is 6.92 Å². The third-order valence-electron chi connectivity index (χ3n) is 3.73. The maximum Gasteiger partial charge on any atom is 0.100 e. The summed E-state index contributed by atoms with van der Waals surface area (Å²) in [6.07, 6.45) is 2.09. The molecular weight excluding hydrogens is 272 g/mol. The molecule has 0 atom stereocenters. The summed E-state index contributed by atoms with van der Waals surface area (Å²) in [5.74, 6) is 0.415. The number of hydrogen-bond acceptors (Lipinski definition) is 3. The average Bonchev–Trinajstić information content (AvgIpc) is 2.84. The molecule has 108 valence electrons. The Morgan fingerprint density at radius 2 is 2.00 bits per heavy atom. The van der Waals surface area contributed by atoms with Crippen molar-refractivity contribution < 1.29 is 0 Å². The minimum atomic E-state index is 0.415. The molecular formula is C15H21ClN4. The first kappa shape index (κ1) is 15.0. The van der Waals surface area contributed by atoms with Crippen molar-refractivity contribution in [1.29, 1.82) is 0 Å². The predicted octanol–water partition coefficient (Wildman–Crippen LogP) is 3.59. The summed E-state index contributed by atoms with van der Waals surface area (Å²) in [4.78, 5) is 0. The summed E-state index contributed by atoms with van der Waals surface area (Å²) in [5, 5.41) is 9.29. The lowest BCUT2D eigenvalue weighted by atomic mass is 9.97. The monoisotopic (exact) mass is 292 g/mol. The van der Waals surface area contributed by atoms with E-state index in [2.05, 4.69) is 24.2 Å². The van der Waals surface area contributed by atoms with Crippen LogP contribution >= 0.6 is 11.6 Å². The fraction of sp³-hybridized carbons (Fsp3) is 0.467. The van der Waals surface area contributed by atoms with Gasteiger partial charge >= 0.3 is 0 Å². The Morgan fingerprint density at radius 3 is 2.55 bits per heavy atom. The molecule has 1 aromatic heterocycles. The van der Waals surface area contributed by atoms with E-state index in [1.165, 1.54) is 0 Å². The third-order valence-corrected chi connectivity index (χ3v) is 3.97. The molecule has 20 heavy (non-hydrogen) atoms. The lowest BCUT2D eigenvalue weighted by Gasteiger charge is -2.17. The van der Waals surface area contributed by atoms with E-state index in [1.54, 1.807) is 0 Å². The SMILES string of the molecule is CCC(CC)c1c(CN)nnn1-c1ccc(Cl)cc1C. The standard InChI is InChI=1S/C15H21ClN4/c1-4-11(5-2)15-13(9-17)18-19-20(15)14-7-6-12(16)8-10(14)3/h6-8,11H,4-5,9,17H2,1-3H3. The van der Waals surface area contributed by atoms with Gasteiger partial charge < -0.3 is 5.73 Å². The van der Waals surface area contributed by atoms with Crippen LogP contribution in [-0.4, -0.2) is 15.0 Å². The van der Waals surface area contributed by atoms with Crippen LogP contribution in [0.5, 0.6) is 0 Å². The van der Waals surface area contributed by atoms with Gasteiger partial charge in [-0.2, -0.15) is 0 Å². The fourth-order valence-corrected chi connectivity index (χ4v) is 2.81. The van der Waals surface area contributed by atoms with Crippen LogP contribution < -0.4 is 5.73 Å². The molecule has 0 saturated heterocycles. The van der Waals surface area contributed by atoms with Gasteiger partial charge in [0.2, 0.25) is 0 Å². The first-order valence-corrected chi connectivity index (χ1v) is 7.41. The van der Waals surface area contributed by atoms with E-state index in [1.807, 2.05) is 29.8 Å². The van der Waals surface area contributed by atoms with Crippen LogP contribution in [0.1, 0.15) is 49.6 Å². The predicted molar refractivity (Wildman–Crippen MR) is 82.3 cm³/mol. The maximum atomic E-state index is 6.03. The van der Waals surface area contributed by atoms with Crippen LogP contribution in [0.4, 0.5) is 0 Å². The number of rotatable bonds is 5. The first-order valence-electron chi connectivity index (χ1n) is 7.03. The largest absolute Gasteiger partial charge is 0.325 e. The minimum Gasteiger partial charge on any atom is -0.325 e. The summed E-state index contributed by atoms with van der Waals surface area (Å²) in [5.41, 5.74) is 9.92. The van der Waals surface area contributed by atoms with E-state index in [9.17, 15) is 0 Å². The van der Waals surface area contributed by atoms with Gasteiger partial charge in [-0.3, -0.25) is 0 Å². The van der Waals surface area contributed by atoms with Gasteiger partial charge in [0.1, 0.15) is 5.69 Å². The number of hydrogen-bond donors (Lipinski definition) is 1. The summed E-state index contributed by atoms with van der Waals surface area (Å²) in [6, 6.07) is 5.81. The number of benzene rings is 1. The molecule has 0 fully saturated rings. The number of nitrogens with two attached hydrogens (primary N) is 1. The Labute approximate surface area is 124 Å². The van der Waals surface area contributed by atoms with Gasteiger partial charge in [-0.05, 0) is 43.5 Å². The smallest absolute Gasteiger partial charge is 0.100 e. The fourth-order valence-electron chi connectivity index (χ4n) is 2.58. The van der Waals surface area contributed by atoms with Crippen LogP contribution in [0.3, 0.4) is 0 Å². The third kappa shape index (κ3) is 2.72. The van der Waals surface area contributed by atoms with Crippen molar-refractivity contribution in [3.05, 3.63) is 40.2 Å². The minimum absolute atomic E-state index is 0.415. The van der Waals surface area contributed by atoms with Crippen molar-refractivity contribution in [3.8, 4) is 5.69 Å². The number of halogens is 1. The van der Waals surface area contributed by atoms with Crippen LogP contribution in [-0.2, 0) is 6.54 Å². The van der Waals surface area contributed by atoms with Gasteiger partial charge in [-0.25, -0.2) is 4.68 Å². The van der Waals surface area contributed by atoms with Gasteiger partial charge in [0, 0.05) is 17.5 Å². The summed E-state index contributed by atoms with van der Waals surface area (Å²) in [7, 11) is 0. The van der Waals surface area contributed by atoms with Gasteiger partial charge in [-0.1, -0.05) is 30.7 Å². The van der Waals surface area contributed by atoms with Crippen LogP contribution in [0.2, 0.25) is 5.02 Å². The van der Waals surface area contributed by atoms with E-state index >= 15 is 0 Å². The van der Waals surface area contributed by atoms with Crippen molar-refractivity contribution >= 4 is 11.6 Å². The molecule has 2 rings (SSSR count). The quantitative estimate of drug-likeness (QED) is 0.916. The second kappa shape index (κ2) is 6.37. The zero-order valence-corrected chi connectivity index (χ0v) is 13.0. The normalized spacial score (nSPS) is 11.3. The molecule has 0 saturated carbocycles. The molecule has 4 nitrogen and oxygen atoms in total. The molecule has 2 aromatic rings. The molecule has 0 amide bonds. The lowest BCUT2D eigenvalue weighted by Crippen LogP contribution is -2.11. The van der Waals surface area contributed by atoms with Gasteiger partial charge in [0.15, 0.2) is 0 Å². The van der Waals surface area contributed by atoms with E-state index in [0.29, 0.717) is 12.5 Å². The van der Waals surface area contributed by atoms with Crippen LogP contribution in [0.15, 0.2) is 18.2 Å². The zero-order chi connectivity index (χ0) is 14.7. The molecule has 0 spiro atoms. The molecule has 0 radical (unpaired) electrons. The van der Waals surface area contributed by atoms with E-state index < -0.39 is 0 Å². The Kier molecular flexibility index (Phi) is 4.78. The van der Waals surface area contributed by atoms with Crippen molar-refractivity contribution in [2.24, 2.45) is 5.73 Å². The molecule has 0 bridgehead atoms. The second-order valence-corrected chi connectivity index (χ2v) is 5.42. The maximum absolute atomic E-state index is 6.03. The molecule has 0 aliphatic rings. The number of nitrogens with zero attached hydrogens (tertiary/aromatic N) is 3.